The Hall–Kier alpha value is -2.25. The molecule has 0 heterocycles. The van der Waals surface area contributed by atoms with Crippen molar-refractivity contribution in [1.29, 1.82) is 0 Å². The summed E-state index contributed by atoms with van der Waals surface area (Å²) in [6.07, 6.45) is 1.06. The molecule has 0 N–H and O–H groups in total. The molecule has 0 radical (unpaired) electrons. The van der Waals surface area contributed by atoms with Crippen LogP contribution in [0, 0.1) is 0 Å². The summed E-state index contributed by atoms with van der Waals surface area (Å²) < 4.78 is 24.5. The van der Waals surface area contributed by atoms with Crippen LogP contribution in [0.3, 0.4) is 0 Å². The molecule has 0 bridgehead atoms. The fourth-order valence-corrected chi connectivity index (χ4v) is 1.66. The molecule has 1 aromatic rings. The first-order chi connectivity index (χ1) is 11.0. The van der Waals surface area contributed by atoms with E-state index >= 15 is 0 Å². The maximum atomic E-state index is 12.1. The lowest BCUT2D eigenvalue weighted by Crippen LogP contribution is -2.15. The first-order valence-electron chi connectivity index (χ1n) is 6.48. The highest BCUT2D eigenvalue weighted by Gasteiger charge is 2.20. The van der Waals surface area contributed by atoms with Gasteiger partial charge in [-0.25, -0.2) is 9.59 Å². The fourth-order valence-electron chi connectivity index (χ4n) is 1.49. The van der Waals surface area contributed by atoms with Crippen molar-refractivity contribution >= 4 is 23.5 Å². The monoisotopic (exact) mass is 344 g/mol. The molecule has 1 rings (SSSR count). The summed E-state index contributed by atoms with van der Waals surface area (Å²) in [4.78, 5) is 23.7. The zero-order chi connectivity index (χ0) is 17.2. The van der Waals surface area contributed by atoms with Gasteiger partial charge in [0.15, 0.2) is 0 Å². The lowest BCUT2D eigenvalue weighted by molar-refractivity contribution is -0.138. The van der Waals surface area contributed by atoms with Gasteiger partial charge in [-0.1, -0.05) is 11.6 Å². The van der Waals surface area contributed by atoms with Gasteiger partial charge in [0.1, 0.15) is 24.2 Å². The summed E-state index contributed by atoms with van der Waals surface area (Å²) in [5, 5.41) is 0.311. The number of carbonyl (C=O) groups is 2. The predicted molar refractivity (Wildman–Crippen MR) is 81.3 cm³/mol. The van der Waals surface area contributed by atoms with E-state index in [2.05, 4.69) is 4.74 Å². The second kappa shape index (κ2) is 9.70. The lowest BCUT2D eigenvalue weighted by Gasteiger charge is -2.12. The predicted octanol–water partition coefficient (Wildman–Crippen LogP) is 2.18. The second-order valence-electron chi connectivity index (χ2n) is 4.08. The Bertz CT molecular complexity index is 583. The molecule has 0 atom stereocenters. The average molecular weight is 345 g/mol. The number of carbonyl (C=O) groups excluding carboxylic acids is 2. The summed E-state index contributed by atoms with van der Waals surface area (Å²) in [6, 6.07) is 4.31. The summed E-state index contributed by atoms with van der Waals surface area (Å²) in [5.41, 5.74) is 0.0551. The van der Waals surface area contributed by atoms with Crippen molar-refractivity contribution in [3.05, 3.63) is 40.8 Å². The van der Waals surface area contributed by atoms with E-state index < -0.39 is 11.9 Å². The van der Waals surface area contributed by atoms with Crippen molar-refractivity contribution in [1.82, 2.24) is 0 Å². The van der Waals surface area contributed by atoms with E-state index in [0.717, 1.165) is 6.26 Å². The molecule has 1 aromatic carbocycles. The van der Waals surface area contributed by atoms with Crippen molar-refractivity contribution in [2.45, 2.75) is 0 Å². The van der Waals surface area contributed by atoms with Crippen LogP contribution in [0.1, 0.15) is 10.4 Å². The summed E-state index contributed by atoms with van der Waals surface area (Å²) in [7, 11) is 4.02. The van der Waals surface area contributed by atoms with Crippen molar-refractivity contribution in [2.24, 2.45) is 0 Å². The summed E-state index contributed by atoms with van der Waals surface area (Å²) in [6.45, 7) is 0.318. The van der Waals surface area contributed by atoms with Crippen molar-refractivity contribution in [3.8, 4) is 5.75 Å². The highest BCUT2D eigenvalue weighted by atomic mass is 35.5. The molecule has 0 aliphatic carbocycles. The molecule has 0 saturated carbocycles. The Morgan fingerprint density at radius 2 is 1.91 bits per heavy atom. The Morgan fingerprint density at radius 1 is 1.17 bits per heavy atom. The van der Waals surface area contributed by atoms with Crippen LogP contribution in [-0.2, 0) is 23.7 Å². The molecule has 7 nitrogen and oxygen atoms in total. The van der Waals surface area contributed by atoms with E-state index in [9.17, 15) is 9.59 Å². The number of methoxy groups -OCH3 is 3. The highest BCUT2D eigenvalue weighted by Crippen LogP contribution is 2.26. The van der Waals surface area contributed by atoms with Gasteiger partial charge in [0, 0.05) is 12.1 Å². The van der Waals surface area contributed by atoms with Crippen LogP contribution in [0.2, 0.25) is 5.02 Å². The number of benzene rings is 1. The van der Waals surface area contributed by atoms with E-state index in [1.54, 1.807) is 0 Å². The molecule has 0 aliphatic heterocycles. The first-order valence-corrected chi connectivity index (χ1v) is 6.86. The average Bonchev–Trinajstić information content (AvgIpc) is 2.55. The van der Waals surface area contributed by atoms with Crippen LogP contribution in [0.4, 0.5) is 0 Å². The van der Waals surface area contributed by atoms with Gasteiger partial charge < -0.3 is 23.7 Å². The minimum atomic E-state index is -0.763. The lowest BCUT2D eigenvalue weighted by atomic mass is 10.2. The van der Waals surface area contributed by atoms with Gasteiger partial charge in [0.05, 0.1) is 20.8 Å². The minimum Gasteiger partial charge on any atom is -0.500 e. The number of ether oxygens (including phenoxy) is 5. The maximum Gasteiger partial charge on any atom is 0.377 e. The van der Waals surface area contributed by atoms with Crippen LogP contribution in [0.25, 0.3) is 0 Å². The third kappa shape index (κ3) is 5.80. The largest absolute Gasteiger partial charge is 0.500 e. The van der Waals surface area contributed by atoms with E-state index in [0.29, 0.717) is 5.02 Å². The molecule has 0 aliphatic rings. The Labute approximate surface area is 138 Å². The molecule has 23 heavy (non-hydrogen) atoms. The van der Waals surface area contributed by atoms with Crippen molar-refractivity contribution in [2.75, 3.05) is 34.5 Å². The number of hydrogen-bond acceptors (Lipinski definition) is 7. The van der Waals surface area contributed by atoms with Gasteiger partial charge in [0.2, 0.25) is 5.76 Å². The molecule has 0 amide bonds. The summed E-state index contributed by atoms with van der Waals surface area (Å²) in [5.74, 6) is -1.59. The molecule has 0 fully saturated rings. The SMILES string of the molecule is COC=C(Oc1ccc(Cl)cc1C(=O)OCCOC)C(=O)OC. The fraction of sp³-hybridized carbons (Fsp3) is 0.333. The van der Waals surface area contributed by atoms with Gasteiger partial charge in [-0.3, -0.25) is 0 Å². The smallest absolute Gasteiger partial charge is 0.377 e. The van der Waals surface area contributed by atoms with Gasteiger partial charge in [0.25, 0.3) is 0 Å². The molecule has 126 valence electrons. The van der Waals surface area contributed by atoms with E-state index in [4.69, 9.17) is 30.5 Å². The third-order valence-corrected chi connectivity index (χ3v) is 2.75. The molecular formula is C15H17ClO7. The maximum absolute atomic E-state index is 12.1. The minimum absolute atomic E-state index is 0.0551. The van der Waals surface area contributed by atoms with E-state index in [1.165, 1.54) is 39.5 Å². The number of halogens is 1. The Kier molecular flexibility index (Phi) is 7.93. The Morgan fingerprint density at radius 3 is 2.52 bits per heavy atom. The van der Waals surface area contributed by atoms with Gasteiger partial charge >= 0.3 is 11.9 Å². The molecular weight excluding hydrogens is 328 g/mol. The summed E-state index contributed by atoms with van der Waals surface area (Å²) >= 11 is 5.89. The molecule has 8 heteroatoms. The van der Waals surface area contributed by atoms with Crippen molar-refractivity contribution < 1.29 is 33.3 Å². The first kappa shape index (κ1) is 18.8. The standard InChI is InChI=1S/C15H17ClO7/c1-19-6-7-22-14(17)11-8-10(16)4-5-12(11)23-13(9-20-2)15(18)21-3/h4-5,8-9H,6-7H2,1-3H3. The van der Waals surface area contributed by atoms with Crippen molar-refractivity contribution in [3.63, 3.8) is 0 Å². The zero-order valence-electron chi connectivity index (χ0n) is 13.0. The van der Waals surface area contributed by atoms with Crippen LogP contribution in [0.5, 0.6) is 5.75 Å². The van der Waals surface area contributed by atoms with Crippen LogP contribution in [0.15, 0.2) is 30.2 Å². The number of esters is 2. The van der Waals surface area contributed by atoms with Crippen LogP contribution >= 0.6 is 11.6 Å². The van der Waals surface area contributed by atoms with Crippen LogP contribution in [-0.4, -0.2) is 46.5 Å². The quantitative estimate of drug-likeness (QED) is 0.309. The number of rotatable bonds is 8. The van der Waals surface area contributed by atoms with Gasteiger partial charge in [-0.05, 0) is 18.2 Å². The van der Waals surface area contributed by atoms with E-state index in [-0.39, 0.29) is 30.3 Å². The normalized spacial score (nSPS) is 10.9. The zero-order valence-corrected chi connectivity index (χ0v) is 13.7. The van der Waals surface area contributed by atoms with Gasteiger partial charge in [-0.15, -0.1) is 0 Å². The molecule has 0 saturated heterocycles. The molecule has 0 spiro atoms. The Balaban J connectivity index is 3.04. The topological polar surface area (TPSA) is 80.3 Å². The van der Waals surface area contributed by atoms with Gasteiger partial charge in [-0.2, -0.15) is 0 Å². The third-order valence-electron chi connectivity index (χ3n) is 2.51. The van der Waals surface area contributed by atoms with Crippen LogP contribution < -0.4 is 4.74 Å². The van der Waals surface area contributed by atoms with E-state index in [1.807, 2.05) is 0 Å². The number of hydrogen-bond donors (Lipinski definition) is 0. The highest BCUT2D eigenvalue weighted by molar-refractivity contribution is 6.31. The second-order valence-corrected chi connectivity index (χ2v) is 4.52. The molecule has 0 unspecified atom stereocenters. The molecule has 0 aromatic heterocycles.